The predicted molar refractivity (Wildman–Crippen MR) is 56.8 cm³/mol. The number of hydrogen-bond acceptors (Lipinski definition) is 3. The Morgan fingerprint density at radius 2 is 2.13 bits per heavy atom. The average Bonchev–Trinajstić information content (AvgIpc) is 2.15. The Morgan fingerprint density at radius 3 is 2.67 bits per heavy atom. The molecule has 0 fully saturated rings. The molecule has 1 aromatic rings. The minimum atomic E-state index is -4.34. The highest BCUT2D eigenvalue weighted by Crippen LogP contribution is 2.33. The van der Waals surface area contributed by atoms with Crippen LogP contribution in [0.1, 0.15) is 0 Å². The van der Waals surface area contributed by atoms with Crippen molar-refractivity contribution in [3.63, 3.8) is 0 Å². The molecule has 1 rings (SSSR count). The number of rotatable bonds is 4. The van der Waals surface area contributed by atoms with Gasteiger partial charge < -0.3 is 19.9 Å². The van der Waals surface area contributed by atoms with Crippen LogP contribution in [0.25, 0.3) is 0 Å². The average molecular weight is 253 g/mol. The fourth-order valence-electron chi connectivity index (χ4n) is 0.898. The number of benzene rings is 1. The van der Waals surface area contributed by atoms with E-state index in [0.717, 1.165) is 0 Å². The Labute approximate surface area is 91.4 Å². The lowest BCUT2D eigenvalue weighted by atomic mass is 10.3. The maximum absolute atomic E-state index is 10.5. The first-order valence-corrected chi connectivity index (χ1v) is 5.84. The third kappa shape index (κ3) is 3.70. The molecule has 0 radical (unpaired) electrons. The zero-order valence-corrected chi connectivity index (χ0v) is 9.42. The molecule has 0 saturated carbocycles. The van der Waals surface area contributed by atoms with Crippen LogP contribution in [0.15, 0.2) is 18.2 Å². The molecule has 0 saturated heterocycles. The van der Waals surface area contributed by atoms with E-state index in [1.165, 1.54) is 7.11 Å². The molecule has 4 N–H and O–H groups in total. The minimum absolute atomic E-state index is 0.237. The molecule has 0 heterocycles. The van der Waals surface area contributed by atoms with Crippen molar-refractivity contribution >= 4 is 25.0 Å². The molecule has 0 atom stereocenters. The van der Waals surface area contributed by atoms with Crippen LogP contribution in [0.2, 0.25) is 5.02 Å². The summed E-state index contributed by atoms with van der Waals surface area (Å²) in [7, 11) is -2.89. The molecule has 8 heteroatoms. The second-order valence-corrected chi connectivity index (χ2v) is 4.29. The van der Waals surface area contributed by atoms with Gasteiger partial charge in [0.15, 0.2) is 0 Å². The Morgan fingerprint density at radius 1 is 1.47 bits per heavy atom. The zero-order valence-electron chi connectivity index (χ0n) is 7.77. The number of methoxy groups -OCH3 is 1. The van der Waals surface area contributed by atoms with Crippen LogP contribution >= 0.6 is 19.3 Å². The Kier molecular flexibility index (Phi) is 3.96. The monoisotopic (exact) mass is 252 g/mol. The van der Waals surface area contributed by atoms with Gasteiger partial charge in [0.05, 0.1) is 12.8 Å². The van der Waals surface area contributed by atoms with Gasteiger partial charge in [-0.1, -0.05) is 17.7 Å². The summed E-state index contributed by atoms with van der Waals surface area (Å²) in [6, 6.07) is 4.81. The Balaban J connectivity index is 2.82. The maximum Gasteiger partial charge on any atom is 0.417 e. The van der Waals surface area contributed by atoms with Gasteiger partial charge in [0.1, 0.15) is 10.8 Å². The highest BCUT2D eigenvalue weighted by Gasteiger charge is 2.13. The van der Waals surface area contributed by atoms with Gasteiger partial charge in [0, 0.05) is 0 Å². The summed E-state index contributed by atoms with van der Waals surface area (Å²) in [5.41, 5.74) is 2.62. The van der Waals surface area contributed by atoms with Crippen LogP contribution in [0.4, 0.5) is 5.69 Å². The summed E-state index contributed by atoms with van der Waals surface area (Å²) in [5.74, 6) is 0.411. The molecule has 0 amide bonds. The maximum atomic E-state index is 10.5. The van der Waals surface area contributed by atoms with E-state index in [-0.39, 0.29) is 5.02 Å². The van der Waals surface area contributed by atoms with Crippen molar-refractivity contribution in [1.82, 2.24) is 5.20 Å². The van der Waals surface area contributed by atoms with Crippen LogP contribution < -0.4 is 15.4 Å². The quantitative estimate of drug-likeness (QED) is 0.478. The van der Waals surface area contributed by atoms with Crippen LogP contribution in [0.3, 0.4) is 0 Å². The number of hydrazine groups is 1. The fraction of sp³-hybridized carbons (Fsp3) is 0.143. The third-order valence-electron chi connectivity index (χ3n) is 1.52. The van der Waals surface area contributed by atoms with E-state index in [2.05, 4.69) is 5.43 Å². The van der Waals surface area contributed by atoms with Crippen molar-refractivity contribution in [2.45, 2.75) is 0 Å². The predicted octanol–water partition coefficient (Wildman–Crippen LogP) is 1.36. The lowest BCUT2D eigenvalue weighted by Crippen LogP contribution is -2.17. The van der Waals surface area contributed by atoms with Crippen LogP contribution in [-0.2, 0) is 4.57 Å². The molecule has 0 spiro atoms. The molecule has 0 bridgehead atoms. The molecular formula is C7H10ClN2O4P. The van der Waals surface area contributed by atoms with E-state index in [1.807, 2.05) is 0 Å². The number of hydrogen-bond donors (Lipinski definition) is 4. The van der Waals surface area contributed by atoms with Crippen LogP contribution in [0.5, 0.6) is 5.75 Å². The van der Waals surface area contributed by atoms with Gasteiger partial charge in [-0.05, 0) is 12.1 Å². The normalized spacial score (nSPS) is 11.2. The van der Waals surface area contributed by atoms with Crippen molar-refractivity contribution in [2.24, 2.45) is 0 Å². The number of halogens is 1. The van der Waals surface area contributed by atoms with E-state index in [0.29, 0.717) is 11.4 Å². The van der Waals surface area contributed by atoms with Crippen LogP contribution in [-0.4, -0.2) is 16.9 Å². The zero-order chi connectivity index (χ0) is 11.5. The molecule has 0 aliphatic carbocycles. The van der Waals surface area contributed by atoms with E-state index >= 15 is 0 Å². The largest absolute Gasteiger partial charge is 0.495 e. The first-order valence-electron chi connectivity index (χ1n) is 3.85. The standard InChI is InChI=1S/C7H10ClN2O4P/c1-14-6-4-2-3-5(7(6)8)9-10-15(11,12)13/h2-4,9H,1H3,(H3,10,11,12,13). The third-order valence-corrected chi connectivity index (χ3v) is 2.31. The molecule has 6 nitrogen and oxygen atoms in total. The minimum Gasteiger partial charge on any atom is -0.495 e. The van der Waals surface area contributed by atoms with Crippen molar-refractivity contribution in [3.8, 4) is 5.75 Å². The van der Waals surface area contributed by atoms with E-state index in [4.69, 9.17) is 26.1 Å². The summed E-state index contributed by atoms with van der Waals surface area (Å²) in [6.45, 7) is 0. The Bertz CT molecular complexity index is 395. The molecule has 84 valence electrons. The van der Waals surface area contributed by atoms with Gasteiger partial charge in [-0.25, -0.2) is 4.57 Å². The van der Waals surface area contributed by atoms with Crippen molar-refractivity contribution in [1.29, 1.82) is 0 Å². The number of nitrogens with one attached hydrogen (secondary N) is 2. The number of ether oxygens (including phenoxy) is 1. The summed E-state index contributed by atoms with van der Waals surface area (Å²) in [4.78, 5) is 17.1. The first kappa shape index (κ1) is 12.3. The van der Waals surface area contributed by atoms with Crippen molar-refractivity contribution < 1.29 is 19.1 Å². The van der Waals surface area contributed by atoms with E-state index < -0.39 is 7.75 Å². The lowest BCUT2D eigenvalue weighted by molar-refractivity contribution is 0.362. The van der Waals surface area contributed by atoms with E-state index in [1.54, 1.807) is 23.4 Å². The Hall–Kier alpha value is -0.780. The van der Waals surface area contributed by atoms with Gasteiger partial charge in [-0.3, -0.25) is 0 Å². The summed E-state index contributed by atoms with van der Waals surface area (Å²) in [5, 5.41) is 2.04. The molecule has 15 heavy (non-hydrogen) atoms. The molecule has 0 aromatic heterocycles. The SMILES string of the molecule is COc1cccc(NNP(=O)(O)O)c1Cl. The van der Waals surface area contributed by atoms with Gasteiger partial charge in [-0.15, -0.1) is 5.20 Å². The first-order chi connectivity index (χ1) is 6.94. The van der Waals surface area contributed by atoms with E-state index in [9.17, 15) is 4.57 Å². The highest BCUT2D eigenvalue weighted by molar-refractivity contribution is 7.49. The highest BCUT2D eigenvalue weighted by atomic mass is 35.5. The summed E-state index contributed by atoms with van der Waals surface area (Å²) in [6.07, 6.45) is 0. The lowest BCUT2D eigenvalue weighted by Gasteiger charge is -2.12. The van der Waals surface area contributed by atoms with Gasteiger partial charge in [-0.2, -0.15) is 0 Å². The topological polar surface area (TPSA) is 90.8 Å². The number of anilines is 1. The van der Waals surface area contributed by atoms with Crippen LogP contribution in [0, 0.1) is 0 Å². The smallest absolute Gasteiger partial charge is 0.417 e. The van der Waals surface area contributed by atoms with Gasteiger partial charge >= 0.3 is 7.75 Å². The second-order valence-electron chi connectivity index (χ2n) is 2.60. The summed E-state index contributed by atoms with van der Waals surface area (Å²) >= 11 is 5.86. The summed E-state index contributed by atoms with van der Waals surface area (Å²) < 4.78 is 15.4. The van der Waals surface area contributed by atoms with Crippen molar-refractivity contribution in [3.05, 3.63) is 23.2 Å². The van der Waals surface area contributed by atoms with Gasteiger partial charge in [0.25, 0.3) is 0 Å². The molecule has 1 aromatic carbocycles. The fourth-order valence-corrected chi connectivity index (χ4v) is 1.41. The molecular weight excluding hydrogens is 243 g/mol. The molecule has 0 unspecified atom stereocenters. The second kappa shape index (κ2) is 4.83. The van der Waals surface area contributed by atoms with Crippen molar-refractivity contribution in [2.75, 3.05) is 12.5 Å². The molecule has 0 aliphatic heterocycles. The van der Waals surface area contributed by atoms with Gasteiger partial charge in [0.2, 0.25) is 0 Å². The molecule has 0 aliphatic rings.